The molecule has 0 heterocycles. The molecule has 0 aromatic heterocycles. The lowest BCUT2D eigenvalue weighted by Crippen LogP contribution is -2.53. The highest BCUT2D eigenvalue weighted by molar-refractivity contribution is 6.01. The largest absolute Gasteiger partial charge is 0.390 e. The number of rotatable bonds is 0. The van der Waals surface area contributed by atoms with Crippen LogP contribution in [0.1, 0.15) is 63.3 Å². The van der Waals surface area contributed by atoms with E-state index in [0.717, 1.165) is 32.1 Å². The summed E-state index contributed by atoms with van der Waals surface area (Å²) in [4.78, 5) is 11.8. The fraction of sp³-hybridized carbons (Fsp3) is 0.750. The Morgan fingerprint density at radius 2 is 2.00 bits per heavy atom. The van der Waals surface area contributed by atoms with Gasteiger partial charge in [-0.3, -0.25) is 4.79 Å². The summed E-state index contributed by atoms with van der Waals surface area (Å²) in [6, 6.07) is 0. The number of fused-ring (bicyclic) bond motifs is 5. The molecule has 4 rings (SSSR count). The van der Waals surface area contributed by atoms with Crippen LogP contribution < -0.4 is 0 Å². The van der Waals surface area contributed by atoms with Gasteiger partial charge >= 0.3 is 0 Å². The van der Waals surface area contributed by atoms with Gasteiger partial charge in [-0.1, -0.05) is 25.5 Å². The third-order valence-electron chi connectivity index (χ3n) is 7.71. The smallest absolute Gasteiger partial charge is 0.178 e. The third-order valence-corrected chi connectivity index (χ3v) is 7.71. The van der Waals surface area contributed by atoms with Crippen molar-refractivity contribution < 1.29 is 14.0 Å². The first-order valence-corrected chi connectivity index (χ1v) is 8.70. The summed E-state index contributed by atoms with van der Waals surface area (Å²) in [5, 5.41) is 11.2. The van der Waals surface area contributed by atoms with Crippen molar-refractivity contribution in [2.24, 2.45) is 28.6 Å². The topological polar surface area (TPSA) is 37.3 Å². The van der Waals surface area contributed by atoms with Crippen molar-refractivity contribution in [1.82, 2.24) is 0 Å². The van der Waals surface area contributed by atoms with Gasteiger partial charge in [-0.15, -0.1) is 0 Å². The molecule has 6 atom stereocenters. The van der Waals surface area contributed by atoms with Crippen LogP contribution in [-0.4, -0.2) is 16.5 Å². The second-order valence-electron chi connectivity index (χ2n) is 8.46. The first-order chi connectivity index (χ1) is 11.5. The maximum absolute atomic E-state index is 11.8. The first kappa shape index (κ1) is 11.6. The van der Waals surface area contributed by atoms with Crippen LogP contribution in [0.2, 0.25) is 0 Å². The van der Waals surface area contributed by atoms with Crippen LogP contribution in [0.25, 0.3) is 0 Å². The molecule has 0 aliphatic heterocycles. The standard InChI is InChI=1S/C20H28O2/c1-18-9-6-14(21)12-13(18)4-5-15-16(18)7-10-19(2)17(15)8-11-20(19,3)22/h6,9,12,15-17,22H,4-5,7-8,10-11H2,1-3H3/t15-,16+,17+,18+,19+,20+/m1/s1/i3D3. The zero-order valence-corrected chi connectivity index (χ0v) is 13.6. The average molecular weight is 303 g/mol. The molecule has 0 bridgehead atoms. The maximum Gasteiger partial charge on any atom is 0.178 e. The van der Waals surface area contributed by atoms with Gasteiger partial charge in [0.1, 0.15) is 0 Å². The maximum atomic E-state index is 11.8. The lowest BCUT2D eigenvalue weighted by Gasteiger charge is -2.57. The Morgan fingerprint density at radius 1 is 1.23 bits per heavy atom. The number of allylic oxidation sites excluding steroid dienone is 4. The Balaban J connectivity index is 1.71. The van der Waals surface area contributed by atoms with Crippen molar-refractivity contribution in [3.8, 4) is 0 Å². The number of hydrogen-bond donors (Lipinski definition) is 1. The van der Waals surface area contributed by atoms with Crippen molar-refractivity contribution in [3.63, 3.8) is 0 Å². The van der Waals surface area contributed by atoms with Crippen molar-refractivity contribution in [2.75, 3.05) is 0 Å². The van der Waals surface area contributed by atoms with Crippen molar-refractivity contribution in [3.05, 3.63) is 23.8 Å². The predicted octanol–water partition coefficient (Wildman–Crippen LogP) is 4.05. The Kier molecular flexibility index (Phi) is 2.29. The Bertz CT molecular complexity index is 679. The summed E-state index contributed by atoms with van der Waals surface area (Å²) < 4.78 is 23.8. The zero-order valence-electron chi connectivity index (χ0n) is 16.6. The van der Waals surface area contributed by atoms with Crippen LogP contribution in [0.5, 0.6) is 0 Å². The van der Waals surface area contributed by atoms with E-state index >= 15 is 0 Å². The molecule has 0 saturated heterocycles. The summed E-state index contributed by atoms with van der Waals surface area (Å²) >= 11 is 0. The molecule has 2 nitrogen and oxygen atoms in total. The number of aliphatic hydroxyl groups is 1. The van der Waals surface area contributed by atoms with Crippen LogP contribution >= 0.6 is 0 Å². The SMILES string of the molecule is [2H]C([2H])([2H])[C@]1(O)CC[C@H]2[C@@H]3CCC4=CC(=O)C=C[C@]4(C)[C@H]3CC[C@@]21C. The predicted molar refractivity (Wildman–Crippen MR) is 87.2 cm³/mol. The summed E-state index contributed by atoms with van der Waals surface area (Å²) in [5.74, 6) is 1.20. The fourth-order valence-electron chi connectivity index (χ4n) is 6.21. The summed E-state index contributed by atoms with van der Waals surface area (Å²) in [5.41, 5.74) is -0.941. The minimum atomic E-state index is -2.33. The van der Waals surface area contributed by atoms with E-state index in [9.17, 15) is 9.90 Å². The number of carbonyl (C=O) groups excluding carboxylic acids is 1. The van der Waals surface area contributed by atoms with Gasteiger partial charge in [-0.25, -0.2) is 0 Å². The molecule has 0 radical (unpaired) electrons. The molecular weight excluding hydrogens is 272 g/mol. The molecule has 4 aliphatic rings. The molecule has 0 spiro atoms. The second kappa shape index (κ2) is 4.35. The van der Waals surface area contributed by atoms with Crippen LogP contribution in [0.3, 0.4) is 0 Å². The fourth-order valence-corrected chi connectivity index (χ4v) is 6.21. The van der Waals surface area contributed by atoms with Crippen molar-refractivity contribution >= 4 is 5.78 Å². The Hall–Kier alpha value is -0.890. The second-order valence-corrected chi connectivity index (χ2v) is 8.46. The lowest BCUT2D eigenvalue weighted by molar-refractivity contribution is -0.114. The van der Waals surface area contributed by atoms with Gasteiger partial charge in [0.15, 0.2) is 5.78 Å². The average Bonchev–Trinajstić information content (AvgIpc) is 2.81. The van der Waals surface area contributed by atoms with Gasteiger partial charge in [0, 0.05) is 9.53 Å². The van der Waals surface area contributed by atoms with E-state index in [1.54, 1.807) is 6.08 Å². The van der Waals surface area contributed by atoms with E-state index in [-0.39, 0.29) is 17.1 Å². The summed E-state index contributed by atoms with van der Waals surface area (Å²) in [6.45, 7) is 1.93. The molecule has 1 N–H and O–H groups in total. The molecular formula is C20H28O2. The van der Waals surface area contributed by atoms with Gasteiger partial charge in [-0.2, -0.15) is 0 Å². The monoisotopic (exact) mass is 303 g/mol. The highest BCUT2D eigenvalue weighted by atomic mass is 16.3. The molecule has 3 fully saturated rings. The highest BCUT2D eigenvalue weighted by Crippen LogP contribution is 2.66. The minimum absolute atomic E-state index is 0.0845. The normalized spacial score (nSPS) is 56.1. The summed E-state index contributed by atoms with van der Waals surface area (Å²) in [6.07, 6.45) is 10.4. The molecule has 22 heavy (non-hydrogen) atoms. The van der Waals surface area contributed by atoms with Crippen molar-refractivity contribution in [2.45, 2.75) is 64.8 Å². The molecule has 0 aromatic carbocycles. The first-order valence-electron chi connectivity index (χ1n) is 10.2. The molecule has 120 valence electrons. The number of hydrogen-bond acceptors (Lipinski definition) is 2. The quantitative estimate of drug-likeness (QED) is 0.733. The molecule has 0 amide bonds. The van der Waals surface area contributed by atoms with Gasteiger partial charge < -0.3 is 5.11 Å². The summed E-state index contributed by atoms with van der Waals surface area (Å²) in [7, 11) is 0. The number of carbonyl (C=O) groups is 1. The van der Waals surface area contributed by atoms with Crippen molar-refractivity contribution in [1.29, 1.82) is 0 Å². The lowest BCUT2D eigenvalue weighted by atomic mass is 9.47. The number of ketones is 1. The Morgan fingerprint density at radius 3 is 2.77 bits per heavy atom. The van der Waals surface area contributed by atoms with Gasteiger partial charge in [0.25, 0.3) is 0 Å². The molecule has 3 saturated carbocycles. The van der Waals surface area contributed by atoms with Gasteiger partial charge in [0.2, 0.25) is 0 Å². The molecule has 0 unspecified atom stereocenters. The van der Waals surface area contributed by atoms with E-state index in [0.29, 0.717) is 18.3 Å². The molecule has 2 heteroatoms. The molecule has 4 aliphatic carbocycles. The van der Waals surface area contributed by atoms with Gasteiger partial charge in [0.05, 0.1) is 5.60 Å². The van der Waals surface area contributed by atoms with Crippen LogP contribution in [-0.2, 0) is 4.79 Å². The van der Waals surface area contributed by atoms with E-state index in [1.165, 1.54) is 5.57 Å². The highest BCUT2D eigenvalue weighted by Gasteiger charge is 2.61. The van der Waals surface area contributed by atoms with E-state index < -0.39 is 17.9 Å². The van der Waals surface area contributed by atoms with Crippen LogP contribution in [0, 0.1) is 28.6 Å². The van der Waals surface area contributed by atoms with E-state index in [4.69, 9.17) is 4.11 Å². The van der Waals surface area contributed by atoms with Crippen LogP contribution in [0.4, 0.5) is 0 Å². The third kappa shape index (κ3) is 1.68. The van der Waals surface area contributed by atoms with E-state index in [1.807, 2.05) is 13.0 Å². The van der Waals surface area contributed by atoms with E-state index in [2.05, 4.69) is 13.0 Å². The zero-order chi connectivity index (χ0) is 18.3. The molecule has 0 aromatic rings. The Labute approximate surface area is 137 Å². The minimum Gasteiger partial charge on any atom is -0.390 e. The van der Waals surface area contributed by atoms with Gasteiger partial charge in [-0.05, 0) is 80.7 Å². The van der Waals surface area contributed by atoms with Crippen LogP contribution in [0.15, 0.2) is 23.8 Å².